The van der Waals surface area contributed by atoms with Gasteiger partial charge in [-0.05, 0) is 24.6 Å². The van der Waals surface area contributed by atoms with E-state index < -0.39 is 6.09 Å². The van der Waals surface area contributed by atoms with Gasteiger partial charge in [0.25, 0.3) is 0 Å². The van der Waals surface area contributed by atoms with Crippen molar-refractivity contribution in [2.24, 2.45) is 0 Å². The van der Waals surface area contributed by atoms with E-state index in [-0.39, 0.29) is 5.43 Å². The number of fused-ring (bicyclic) bond motifs is 1. The summed E-state index contributed by atoms with van der Waals surface area (Å²) in [6, 6.07) is 14.2. The quantitative estimate of drug-likeness (QED) is 0.694. The van der Waals surface area contributed by atoms with Crippen molar-refractivity contribution >= 4 is 17.1 Å². The summed E-state index contributed by atoms with van der Waals surface area (Å²) in [4.78, 5) is 26.8. The van der Waals surface area contributed by atoms with Gasteiger partial charge in [-0.1, -0.05) is 30.3 Å². The fourth-order valence-electron chi connectivity index (χ4n) is 3.20. The van der Waals surface area contributed by atoms with Crippen molar-refractivity contribution < 1.29 is 18.7 Å². The van der Waals surface area contributed by atoms with Gasteiger partial charge in [-0.15, -0.1) is 0 Å². The van der Waals surface area contributed by atoms with Gasteiger partial charge in [0.1, 0.15) is 17.1 Å². The maximum Gasteiger partial charge on any atom is 0.415 e. The SMILES string of the molecule is Cc1oc2cc(OC(=O)N3CCOCC3)ccc2c(=O)c1-c1ccccc1. The molecule has 1 amide bonds. The van der Waals surface area contributed by atoms with Gasteiger partial charge < -0.3 is 18.8 Å². The van der Waals surface area contributed by atoms with Gasteiger partial charge in [-0.25, -0.2) is 4.79 Å². The Morgan fingerprint density at radius 3 is 2.56 bits per heavy atom. The Morgan fingerprint density at radius 2 is 1.81 bits per heavy atom. The molecular formula is C21H19NO5. The molecule has 0 spiro atoms. The molecule has 0 saturated carbocycles. The van der Waals surface area contributed by atoms with Crippen LogP contribution in [0.25, 0.3) is 22.1 Å². The van der Waals surface area contributed by atoms with Crippen LogP contribution in [0.2, 0.25) is 0 Å². The second-order valence-corrected chi connectivity index (χ2v) is 6.35. The van der Waals surface area contributed by atoms with Crippen molar-refractivity contribution in [3.05, 3.63) is 64.5 Å². The Hall–Kier alpha value is -3.12. The molecule has 0 unspecified atom stereocenters. The molecular weight excluding hydrogens is 346 g/mol. The highest BCUT2D eigenvalue weighted by Gasteiger charge is 2.20. The molecule has 0 aliphatic carbocycles. The maximum absolute atomic E-state index is 12.9. The predicted molar refractivity (Wildman–Crippen MR) is 101 cm³/mol. The molecule has 4 rings (SSSR count). The van der Waals surface area contributed by atoms with Gasteiger partial charge in [0.15, 0.2) is 0 Å². The molecule has 3 aromatic rings. The van der Waals surface area contributed by atoms with Gasteiger partial charge in [0.05, 0.1) is 24.2 Å². The minimum Gasteiger partial charge on any atom is -0.460 e. The number of aryl methyl sites for hydroxylation is 1. The number of nitrogens with zero attached hydrogens (tertiary/aromatic N) is 1. The predicted octanol–water partition coefficient (Wildman–Crippen LogP) is 3.60. The molecule has 6 nitrogen and oxygen atoms in total. The van der Waals surface area contributed by atoms with E-state index in [4.69, 9.17) is 13.9 Å². The first-order chi connectivity index (χ1) is 13.1. The molecule has 1 fully saturated rings. The number of hydrogen-bond acceptors (Lipinski definition) is 5. The summed E-state index contributed by atoms with van der Waals surface area (Å²) in [5.41, 5.74) is 1.64. The summed E-state index contributed by atoms with van der Waals surface area (Å²) in [6.45, 7) is 3.77. The lowest BCUT2D eigenvalue weighted by Crippen LogP contribution is -2.42. The Balaban J connectivity index is 1.67. The minimum absolute atomic E-state index is 0.106. The van der Waals surface area contributed by atoms with E-state index in [0.29, 0.717) is 54.3 Å². The van der Waals surface area contributed by atoms with Crippen LogP contribution < -0.4 is 10.2 Å². The van der Waals surface area contributed by atoms with E-state index in [1.165, 1.54) is 0 Å². The van der Waals surface area contributed by atoms with Crippen LogP contribution in [0, 0.1) is 6.92 Å². The first kappa shape index (κ1) is 17.3. The number of amides is 1. The van der Waals surface area contributed by atoms with Crippen molar-refractivity contribution in [3.63, 3.8) is 0 Å². The first-order valence-electron chi connectivity index (χ1n) is 8.81. The van der Waals surface area contributed by atoms with Crippen molar-refractivity contribution in [3.8, 4) is 16.9 Å². The largest absolute Gasteiger partial charge is 0.460 e. The molecule has 0 bridgehead atoms. The molecule has 0 N–H and O–H groups in total. The molecule has 27 heavy (non-hydrogen) atoms. The van der Waals surface area contributed by atoms with Crippen molar-refractivity contribution in [2.75, 3.05) is 26.3 Å². The molecule has 2 heterocycles. The molecule has 1 aliphatic rings. The molecule has 0 atom stereocenters. The maximum atomic E-state index is 12.9. The summed E-state index contributed by atoms with van der Waals surface area (Å²) < 4.78 is 16.5. The summed E-state index contributed by atoms with van der Waals surface area (Å²) in [7, 11) is 0. The highest BCUT2D eigenvalue weighted by Crippen LogP contribution is 2.26. The van der Waals surface area contributed by atoms with Crippen LogP contribution in [0.4, 0.5) is 4.79 Å². The summed E-state index contributed by atoms with van der Waals surface area (Å²) in [6.07, 6.45) is -0.433. The zero-order valence-corrected chi connectivity index (χ0v) is 14.9. The zero-order valence-electron chi connectivity index (χ0n) is 14.9. The fraction of sp³-hybridized carbons (Fsp3) is 0.238. The molecule has 0 radical (unpaired) electrons. The number of ether oxygens (including phenoxy) is 2. The summed E-state index contributed by atoms with van der Waals surface area (Å²) in [5.74, 6) is 0.865. The van der Waals surface area contributed by atoms with E-state index in [0.717, 1.165) is 5.56 Å². The van der Waals surface area contributed by atoms with Gasteiger partial charge >= 0.3 is 6.09 Å². The number of carbonyl (C=O) groups excluding carboxylic acids is 1. The summed E-state index contributed by atoms with van der Waals surface area (Å²) in [5, 5.41) is 0.450. The fourth-order valence-corrected chi connectivity index (χ4v) is 3.20. The number of benzene rings is 2. The molecule has 1 saturated heterocycles. The Labute approximate surface area is 155 Å². The van der Waals surface area contributed by atoms with E-state index in [1.54, 1.807) is 30.0 Å². The van der Waals surface area contributed by atoms with Crippen molar-refractivity contribution in [1.82, 2.24) is 4.90 Å². The Morgan fingerprint density at radius 1 is 1.07 bits per heavy atom. The van der Waals surface area contributed by atoms with Crippen molar-refractivity contribution in [2.45, 2.75) is 6.92 Å². The molecule has 138 valence electrons. The highest BCUT2D eigenvalue weighted by atomic mass is 16.6. The molecule has 1 aliphatic heterocycles. The number of carbonyl (C=O) groups is 1. The Kier molecular flexibility index (Phi) is 4.64. The van der Waals surface area contributed by atoms with Crippen LogP contribution >= 0.6 is 0 Å². The van der Waals surface area contributed by atoms with E-state index in [9.17, 15) is 9.59 Å². The minimum atomic E-state index is -0.433. The van der Waals surface area contributed by atoms with Crippen LogP contribution in [0.3, 0.4) is 0 Å². The van der Waals surface area contributed by atoms with Crippen LogP contribution in [-0.2, 0) is 4.74 Å². The first-order valence-corrected chi connectivity index (χ1v) is 8.81. The third kappa shape index (κ3) is 3.44. The standard InChI is InChI=1S/C21H19NO5/c1-14-19(15-5-3-2-4-6-15)20(23)17-8-7-16(13-18(17)26-14)27-21(24)22-9-11-25-12-10-22/h2-8,13H,9-12H2,1H3. The van der Waals surface area contributed by atoms with Gasteiger partial charge in [-0.2, -0.15) is 0 Å². The summed E-state index contributed by atoms with van der Waals surface area (Å²) >= 11 is 0. The monoisotopic (exact) mass is 365 g/mol. The van der Waals surface area contributed by atoms with Gasteiger partial charge in [-0.3, -0.25) is 4.79 Å². The molecule has 1 aromatic heterocycles. The molecule has 2 aromatic carbocycles. The lowest BCUT2D eigenvalue weighted by atomic mass is 10.0. The average Bonchev–Trinajstić information content (AvgIpc) is 2.69. The van der Waals surface area contributed by atoms with E-state index in [2.05, 4.69) is 0 Å². The zero-order chi connectivity index (χ0) is 18.8. The lowest BCUT2D eigenvalue weighted by Gasteiger charge is -2.25. The Bertz CT molecular complexity index is 1040. The topological polar surface area (TPSA) is 69.0 Å². The average molecular weight is 365 g/mol. The third-order valence-electron chi connectivity index (χ3n) is 4.58. The number of hydrogen-bond donors (Lipinski definition) is 0. The van der Waals surface area contributed by atoms with Crippen LogP contribution in [0.1, 0.15) is 5.76 Å². The van der Waals surface area contributed by atoms with E-state index in [1.807, 2.05) is 30.3 Å². The molecule has 6 heteroatoms. The number of morpholine rings is 1. The van der Waals surface area contributed by atoms with Crippen LogP contribution in [0.5, 0.6) is 5.75 Å². The smallest absolute Gasteiger partial charge is 0.415 e. The normalized spacial score (nSPS) is 14.3. The van der Waals surface area contributed by atoms with Gasteiger partial charge in [0.2, 0.25) is 5.43 Å². The van der Waals surface area contributed by atoms with E-state index >= 15 is 0 Å². The number of rotatable bonds is 2. The highest BCUT2D eigenvalue weighted by molar-refractivity contribution is 5.84. The van der Waals surface area contributed by atoms with Crippen LogP contribution in [0.15, 0.2) is 57.7 Å². The second-order valence-electron chi connectivity index (χ2n) is 6.35. The van der Waals surface area contributed by atoms with Crippen LogP contribution in [-0.4, -0.2) is 37.3 Å². The third-order valence-corrected chi connectivity index (χ3v) is 4.58. The van der Waals surface area contributed by atoms with Crippen molar-refractivity contribution in [1.29, 1.82) is 0 Å². The van der Waals surface area contributed by atoms with Gasteiger partial charge in [0, 0.05) is 19.2 Å². The lowest BCUT2D eigenvalue weighted by molar-refractivity contribution is 0.0416. The second kappa shape index (κ2) is 7.25.